The second kappa shape index (κ2) is 6.55. The molecule has 0 unspecified atom stereocenters. The Kier molecular flexibility index (Phi) is 5.07. The molecule has 1 aromatic carbocycles. The summed E-state index contributed by atoms with van der Waals surface area (Å²) in [6, 6.07) is 7.60. The molecule has 0 amide bonds. The van der Waals surface area contributed by atoms with Crippen LogP contribution in [0.15, 0.2) is 18.2 Å². The fraction of sp³-hybridized carbons (Fsp3) is 0.250. The van der Waals surface area contributed by atoms with Gasteiger partial charge in [-0.25, -0.2) is 8.42 Å². The van der Waals surface area contributed by atoms with Crippen molar-refractivity contribution >= 4 is 21.7 Å². The molecule has 0 atom stereocenters. The number of nitriles is 2. The second-order valence-electron chi connectivity index (χ2n) is 3.73. The topological polar surface area (TPSA) is 120 Å². The van der Waals surface area contributed by atoms with Gasteiger partial charge in [-0.05, 0) is 18.2 Å². The molecule has 104 valence electrons. The second-order valence-corrected chi connectivity index (χ2v) is 5.57. The van der Waals surface area contributed by atoms with Gasteiger partial charge in [0.2, 0.25) is 10.0 Å². The highest BCUT2D eigenvalue weighted by Crippen LogP contribution is 2.16. The number of sulfonamides is 1. The monoisotopic (exact) mass is 293 g/mol. The fourth-order valence-electron chi connectivity index (χ4n) is 1.35. The third kappa shape index (κ3) is 4.26. The molecule has 0 radical (unpaired) electrons. The Hall–Kier alpha value is -2.58. The van der Waals surface area contributed by atoms with E-state index >= 15 is 0 Å². The van der Waals surface area contributed by atoms with E-state index in [1.165, 1.54) is 25.3 Å². The van der Waals surface area contributed by atoms with Gasteiger partial charge in [0.1, 0.15) is 12.1 Å². The van der Waals surface area contributed by atoms with Crippen LogP contribution in [0.5, 0.6) is 0 Å². The minimum absolute atomic E-state index is 0.0701. The first-order chi connectivity index (χ1) is 9.41. The van der Waals surface area contributed by atoms with Crippen molar-refractivity contribution < 1.29 is 17.9 Å². The van der Waals surface area contributed by atoms with Crippen LogP contribution in [-0.2, 0) is 19.6 Å². The molecule has 0 aliphatic rings. The van der Waals surface area contributed by atoms with Crippen LogP contribution < -0.4 is 4.72 Å². The van der Waals surface area contributed by atoms with Gasteiger partial charge in [-0.1, -0.05) is 0 Å². The van der Waals surface area contributed by atoms with Crippen molar-refractivity contribution in [2.75, 3.05) is 17.6 Å². The van der Waals surface area contributed by atoms with Crippen molar-refractivity contribution in [1.29, 1.82) is 10.5 Å². The number of nitrogens with one attached hydrogen (secondary N) is 1. The first-order valence-corrected chi connectivity index (χ1v) is 7.08. The molecule has 0 heterocycles. The van der Waals surface area contributed by atoms with E-state index in [1.54, 1.807) is 6.07 Å². The molecule has 0 fully saturated rings. The molecule has 0 aromatic heterocycles. The Bertz CT molecular complexity index is 698. The van der Waals surface area contributed by atoms with Gasteiger partial charge in [-0.2, -0.15) is 10.5 Å². The van der Waals surface area contributed by atoms with Crippen molar-refractivity contribution in [1.82, 2.24) is 0 Å². The smallest absolute Gasteiger partial charge is 0.306 e. The number of anilines is 1. The first-order valence-electron chi connectivity index (χ1n) is 5.43. The standard InChI is InChI=1S/C12H11N3O4S/c1-19-12(16)4-5-20(17,18)15-11-3-2-9(7-13)10(6-11)8-14/h2-3,6,15H,4-5H2,1H3. The van der Waals surface area contributed by atoms with Gasteiger partial charge in [-0.3, -0.25) is 9.52 Å². The van der Waals surface area contributed by atoms with Crippen molar-refractivity contribution in [2.24, 2.45) is 0 Å². The Morgan fingerprint density at radius 3 is 2.50 bits per heavy atom. The lowest BCUT2D eigenvalue weighted by Crippen LogP contribution is -2.19. The average molecular weight is 293 g/mol. The summed E-state index contributed by atoms with van der Waals surface area (Å²) < 4.78 is 30.0. The number of hydrogen-bond acceptors (Lipinski definition) is 6. The average Bonchev–Trinajstić information content (AvgIpc) is 2.44. The molecule has 0 saturated heterocycles. The predicted molar refractivity (Wildman–Crippen MR) is 69.9 cm³/mol. The summed E-state index contributed by atoms with van der Waals surface area (Å²) >= 11 is 0. The van der Waals surface area contributed by atoms with Crippen LogP contribution in [0.3, 0.4) is 0 Å². The van der Waals surface area contributed by atoms with Crippen LogP contribution in [0, 0.1) is 22.7 Å². The van der Waals surface area contributed by atoms with Crippen LogP contribution in [-0.4, -0.2) is 27.2 Å². The van der Waals surface area contributed by atoms with Crippen molar-refractivity contribution in [3.05, 3.63) is 29.3 Å². The lowest BCUT2D eigenvalue weighted by Gasteiger charge is -2.08. The van der Waals surface area contributed by atoms with E-state index in [0.717, 1.165) is 0 Å². The zero-order valence-corrected chi connectivity index (χ0v) is 11.4. The predicted octanol–water partition coefficient (Wildman–Crippen LogP) is 0.735. The summed E-state index contributed by atoms with van der Waals surface area (Å²) in [5.74, 6) is -1.06. The van der Waals surface area contributed by atoms with Crippen molar-refractivity contribution in [2.45, 2.75) is 6.42 Å². The molecule has 0 aliphatic heterocycles. The minimum Gasteiger partial charge on any atom is -0.469 e. The molecule has 1 rings (SSSR count). The van der Waals surface area contributed by atoms with Crippen LogP contribution in [0.4, 0.5) is 5.69 Å². The van der Waals surface area contributed by atoms with E-state index in [9.17, 15) is 13.2 Å². The number of nitrogens with zero attached hydrogens (tertiary/aromatic N) is 2. The lowest BCUT2D eigenvalue weighted by molar-refractivity contribution is -0.140. The van der Waals surface area contributed by atoms with Gasteiger partial charge in [0, 0.05) is 5.69 Å². The van der Waals surface area contributed by atoms with E-state index in [4.69, 9.17) is 10.5 Å². The summed E-state index contributed by atoms with van der Waals surface area (Å²) in [6.07, 6.45) is -0.271. The van der Waals surface area contributed by atoms with E-state index in [-0.39, 0.29) is 23.2 Å². The molecule has 0 saturated carbocycles. The van der Waals surface area contributed by atoms with Crippen LogP contribution in [0.25, 0.3) is 0 Å². The fourth-order valence-corrected chi connectivity index (χ4v) is 2.37. The summed E-state index contributed by atoms with van der Waals surface area (Å²) in [5, 5.41) is 17.6. The number of carbonyl (C=O) groups excluding carboxylic acids is 1. The van der Waals surface area contributed by atoms with E-state index in [1.807, 2.05) is 6.07 Å². The molecule has 20 heavy (non-hydrogen) atoms. The number of ether oxygens (including phenoxy) is 1. The van der Waals surface area contributed by atoms with Crippen LogP contribution in [0.2, 0.25) is 0 Å². The number of rotatable bonds is 5. The Morgan fingerprint density at radius 2 is 1.95 bits per heavy atom. The maximum absolute atomic E-state index is 11.7. The summed E-state index contributed by atoms with van der Waals surface area (Å²) in [4.78, 5) is 10.9. The maximum atomic E-state index is 11.7. The SMILES string of the molecule is COC(=O)CCS(=O)(=O)Nc1ccc(C#N)c(C#N)c1. The molecule has 0 bridgehead atoms. The van der Waals surface area contributed by atoms with Gasteiger partial charge in [-0.15, -0.1) is 0 Å². The Balaban J connectivity index is 2.86. The largest absolute Gasteiger partial charge is 0.469 e. The van der Waals surface area contributed by atoms with Gasteiger partial charge < -0.3 is 4.74 Å². The number of methoxy groups -OCH3 is 1. The van der Waals surface area contributed by atoms with Gasteiger partial charge in [0.25, 0.3) is 0 Å². The zero-order chi connectivity index (χ0) is 15.2. The number of hydrogen-bond donors (Lipinski definition) is 1. The zero-order valence-electron chi connectivity index (χ0n) is 10.6. The maximum Gasteiger partial charge on any atom is 0.306 e. The van der Waals surface area contributed by atoms with E-state index < -0.39 is 21.7 Å². The quantitative estimate of drug-likeness (QED) is 0.799. The molecule has 0 aliphatic carbocycles. The molecule has 1 aromatic rings. The molecular formula is C12H11N3O4S. The summed E-state index contributed by atoms with van der Waals surface area (Å²) in [6.45, 7) is 0. The number of carbonyl (C=O) groups is 1. The third-order valence-corrected chi connectivity index (χ3v) is 3.62. The van der Waals surface area contributed by atoms with Gasteiger partial charge >= 0.3 is 5.97 Å². The molecule has 0 spiro atoms. The molecule has 8 heteroatoms. The highest BCUT2D eigenvalue weighted by Gasteiger charge is 2.14. The number of benzene rings is 1. The minimum atomic E-state index is -3.73. The summed E-state index contributed by atoms with van der Waals surface area (Å²) in [5.41, 5.74) is 0.385. The molecule has 7 nitrogen and oxygen atoms in total. The van der Waals surface area contributed by atoms with E-state index in [0.29, 0.717) is 0 Å². The van der Waals surface area contributed by atoms with Crippen molar-refractivity contribution in [3.8, 4) is 12.1 Å². The highest BCUT2D eigenvalue weighted by atomic mass is 32.2. The van der Waals surface area contributed by atoms with Crippen molar-refractivity contribution in [3.63, 3.8) is 0 Å². The highest BCUT2D eigenvalue weighted by molar-refractivity contribution is 7.92. The van der Waals surface area contributed by atoms with Gasteiger partial charge in [0.15, 0.2) is 0 Å². The molecule has 1 N–H and O–H groups in total. The van der Waals surface area contributed by atoms with E-state index in [2.05, 4.69) is 9.46 Å². The number of esters is 1. The van der Waals surface area contributed by atoms with Crippen LogP contribution in [0.1, 0.15) is 17.5 Å². The summed E-state index contributed by atoms with van der Waals surface area (Å²) in [7, 11) is -2.56. The third-order valence-electron chi connectivity index (χ3n) is 2.34. The van der Waals surface area contributed by atoms with Gasteiger partial charge in [0.05, 0.1) is 30.4 Å². The molecular weight excluding hydrogens is 282 g/mol. The van der Waals surface area contributed by atoms with Crippen LogP contribution >= 0.6 is 0 Å². The first kappa shape index (κ1) is 15.5. The lowest BCUT2D eigenvalue weighted by atomic mass is 10.1. The Labute approximate surface area is 116 Å². The normalized spacial score (nSPS) is 10.2. The Morgan fingerprint density at radius 1 is 1.30 bits per heavy atom.